The Morgan fingerprint density at radius 2 is 2.25 bits per heavy atom. The Morgan fingerprint density at radius 3 is 2.81 bits per heavy atom. The molecule has 90 valence electrons. The molecule has 0 spiro atoms. The number of nitrogens with two attached hydrogens (primary N) is 1. The van der Waals surface area contributed by atoms with Gasteiger partial charge in [0.15, 0.2) is 0 Å². The standard InChI is InChI=1S/C11H18N2O2S/c1-8(2)15-6-10(14)7-16-11-4-3-9(12)5-13-11/h3-5,8,10,14H,6-7,12H2,1-2H3. The maximum atomic E-state index is 9.62. The van der Waals surface area contributed by atoms with Gasteiger partial charge in [-0.2, -0.15) is 0 Å². The van der Waals surface area contributed by atoms with Crippen molar-refractivity contribution < 1.29 is 9.84 Å². The molecule has 1 heterocycles. The van der Waals surface area contributed by atoms with Crippen LogP contribution in [0, 0.1) is 0 Å². The highest BCUT2D eigenvalue weighted by molar-refractivity contribution is 7.99. The first kappa shape index (κ1) is 13.3. The molecule has 1 atom stereocenters. The molecule has 1 rings (SSSR count). The molecule has 0 saturated carbocycles. The number of hydrogen-bond acceptors (Lipinski definition) is 5. The van der Waals surface area contributed by atoms with Crippen LogP contribution in [-0.2, 0) is 4.74 Å². The SMILES string of the molecule is CC(C)OCC(O)CSc1ccc(N)cn1. The number of hydrogen-bond donors (Lipinski definition) is 2. The average molecular weight is 242 g/mol. The van der Waals surface area contributed by atoms with Crippen molar-refractivity contribution in [3.05, 3.63) is 18.3 Å². The quantitative estimate of drug-likeness (QED) is 0.741. The normalized spacial score (nSPS) is 13.0. The summed E-state index contributed by atoms with van der Waals surface area (Å²) in [5, 5.41) is 10.5. The fourth-order valence-electron chi connectivity index (χ4n) is 1.01. The summed E-state index contributed by atoms with van der Waals surface area (Å²) in [6.07, 6.45) is 1.29. The van der Waals surface area contributed by atoms with Gasteiger partial charge in [0.05, 0.1) is 35.7 Å². The zero-order chi connectivity index (χ0) is 12.0. The van der Waals surface area contributed by atoms with Gasteiger partial charge in [-0.1, -0.05) is 0 Å². The summed E-state index contributed by atoms with van der Waals surface area (Å²) < 4.78 is 5.31. The molecule has 0 fully saturated rings. The molecule has 0 aliphatic heterocycles. The van der Waals surface area contributed by atoms with Crippen LogP contribution in [0.5, 0.6) is 0 Å². The summed E-state index contributed by atoms with van der Waals surface area (Å²) >= 11 is 1.49. The third kappa shape index (κ3) is 5.34. The van der Waals surface area contributed by atoms with E-state index in [0.29, 0.717) is 18.0 Å². The highest BCUT2D eigenvalue weighted by Gasteiger charge is 2.07. The largest absolute Gasteiger partial charge is 0.397 e. The van der Waals surface area contributed by atoms with Gasteiger partial charge in [-0.05, 0) is 26.0 Å². The van der Waals surface area contributed by atoms with Crippen molar-refractivity contribution in [1.82, 2.24) is 4.98 Å². The average Bonchev–Trinajstić information content (AvgIpc) is 2.25. The topological polar surface area (TPSA) is 68.4 Å². The van der Waals surface area contributed by atoms with Crippen LogP contribution in [0.2, 0.25) is 0 Å². The highest BCUT2D eigenvalue weighted by Crippen LogP contribution is 2.17. The molecule has 0 aliphatic rings. The monoisotopic (exact) mass is 242 g/mol. The molecule has 0 bridgehead atoms. The molecule has 16 heavy (non-hydrogen) atoms. The predicted octanol–water partition coefficient (Wildman–Crippen LogP) is 1.54. The molecule has 0 aliphatic carbocycles. The van der Waals surface area contributed by atoms with Crippen LogP contribution in [0.25, 0.3) is 0 Å². The molecule has 4 nitrogen and oxygen atoms in total. The number of aliphatic hydroxyl groups is 1. The van der Waals surface area contributed by atoms with Crippen molar-refractivity contribution in [3.8, 4) is 0 Å². The fourth-order valence-corrected chi connectivity index (χ4v) is 1.76. The molecule has 0 radical (unpaired) electrons. The van der Waals surface area contributed by atoms with E-state index in [2.05, 4.69) is 4.98 Å². The van der Waals surface area contributed by atoms with Crippen LogP contribution in [0.3, 0.4) is 0 Å². The van der Waals surface area contributed by atoms with Crippen molar-refractivity contribution in [3.63, 3.8) is 0 Å². The first-order chi connectivity index (χ1) is 7.58. The smallest absolute Gasteiger partial charge is 0.0962 e. The van der Waals surface area contributed by atoms with Crippen LogP contribution in [0.15, 0.2) is 23.4 Å². The van der Waals surface area contributed by atoms with E-state index in [1.807, 2.05) is 19.9 Å². The molecule has 0 amide bonds. The van der Waals surface area contributed by atoms with Crippen molar-refractivity contribution in [2.75, 3.05) is 18.1 Å². The molecule has 1 aromatic heterocycles. The Bertz CT molecular complexity index is 303. The minimum absolute atomic E-state index is 0.147. The molecular weight excluding hydrogens is 224 g/mol. The van der Waals surface area contributed by atoms with Crippen LogP contribution in [-0.4, -0.2) is 34.7 Å². The highest BCUT2D eigenvalue weighted by atomic mass is 32.2. The number of aliphatic hydroxyl groups excluding tert-OH is 1. The van der Waals surface area contributed by atoms with Gasteiger partial charge in [-0.25, -0.2) is 4.98 Å². The second kappa shape index (κ2) is 6.73. The lowest BCUT2D eigenvalue weighted by molar-refractivity contribution is 0.0152. The van der Waals surface area contributed by atoms with E-state index in [-0.39, 0.29) is 6.10 Å². The molecule has 0 saturated heterocycles. The van der Waals surface area contributed by atoms with Gasteiger partial charge in [0, 0.05) is 5.75 Å². The van der Waals surface area contributed by atoms with E-state index in [1.165, 1.54) is 11.8 Å². The zero-order valence-corrected chi connectivity index (χ0v) is 10.4. The minimum atomic E-state index is -0.466. The predicted molar refractivity (Wildman–Crippen MR) is 66.5 cm³/mol. The van der Waals surface area contributed by atoms with E-state index < -0.39 is 6.10 Å². The number of nitrogens with zero attached hydrogens (tertiary/aromatic N) is 1. The maximum Gasteiger partial charge on any atom is 0.0962 e. The second-order valence-corrected chi connectivity index (χ2v) is 4.82. The van der Waals surface area contributed by atoms with Crippen molar-refractivity contribution in [2.24, 2.45) is 0 Å². The zero-order valence-electron chi connectivity index (χ0n) is 9.59. The lowest BCUT2D eigenvalue weighted by Gasteiger charge is -2.12. The summed E-state index contributed by atoms with van der Waals surface area (Å²) in [6, 6.07) is 3.64. The van der Waals surface area contributed by atoms with Gasteiger partial charge >= 0.3 is 0 Å². The Labute approximate surface area is 100 Å². The van der Waals surface area contributed by atoms with Crippen LogP contribution in [0.1, 0.15) is 13.8 Å². The summed E-state index contributed by atoms with van der Waals surface area (Å²) in [7, 11) is 0. The van der Waals surface area contributed by atoms with Crippen molar-refractivity contribution >= 4 is 17.4 Å². The Morgan fingerprint density at radius 1 is 1.50 bits per heavy atom. The summed E-state index contributed by atoms with van der Waals surface area (Å²) in [5.41, 5.74) is 6.17. The lowest BCUT2D eigenvalue weighted by Crippen LogP contribution is -2.20. The summed E-state index contributed by atoms with van der Waals surface area (Å²) in [4.78, 5) is 4.13. The van der Waals surface area contributed by atoms with Crippen LogP contribution in [0.4, 0.5) is 5.69 Å². The number of rotatable bonds is 6. The van der Waals surface area contributed by atoms with E-state index in [9.17, 15) is 5.11 Å². The number of thioether (sulfide) groups is 1. The lowest BCUT2D eigenvalue weighted by atomic mass is 10.4. The first-order valence-corrected chi connectivity index (χ1v) is 6.20. The number of nitrogen functional groups attached to an aromatic ring is 1. The van der Waals surface area contributed by atoms with Gasteiger partial charge in [-0.15, -0.1) is 11.8 Å². The number of aromatic nitrogens is 1. The Balaban J connectivity index is 2.26. The van der Waals surface area contributed by atoms with Crippen LogP contribution >= 0.6 is 11.8 Å². The van der Waals surface area contributed by atoms with Gasteiger partial charge in [0.25, 0.3) is 0 Å². The van der Waals surface area contributed by atoms with Crippen molar-refractivity contribution in [2.45, 2.75) is 31.1 Å². The third-order valence-corrected chi connectivity index (χ3v) is 2.89. The molecule has 0 aromatic carbocycles. The summed E-state index contributed by atoms with van der Waals surface area (Å²) in [6.45, 7) is 4.25. The number of anilines is 1. The molecular formula is C11H18N2O2S. The molecule has 1 aromatic rings. The number of pyridine rings is 1. The van der Waals surface area contributed by atoms with Gasteiger partial charge in [0.2, 0.25) is 0 Å². The van der Waals surface area contributed by atoms with E-state index >= 15 is 0 Å². The maximum absolute atomic E-state index is 9.62. The van der Waals surface area contributed by atoms with Gasteiger partial charge in [-0.3, -0.25) is 0 Å². The Hall–Kier alpha value is -0.780. The first-order valence-electron chi connectivity index (χ1n) is 5.22. The minimum Gasteiger partial charge on any atom is -0.397 e. The number of ether oxygens (including phenoxy) is 1. The third-order valence-electron chi connectivity index (χ3n) is 1.80. The van der Waals surface area contributed by atoms with Crippen LogP contribution < -0.4 is 5.73 Å². The second-order valence-electron chi connectivity index (χ2n) is 3.78. The molecule has 1 unspecified atom stereocenters. The Kier molecular flexibility index (Phi) is 5.59. The van der Waals surface area contributed by atoms with Gasteiger partial charge < -0.3 is 15.6 Å². The van der Waals surface area contributed by atoms with E-state index in [1.54, 1.807) is 12.3 Å². The fraction of sp³-hybridized carbons (Fsp3) is 0.545. The van der Waals surface area contributed by atoms with E-state index in [4.69, 9.17) is 10.5 Å². The molecule has 3 N–H and O–H groups in total. The summed E-state index contributed by atoms with van der Waals surface area (Å²) in [5.74, 6) is 0.573. The molecule has 5 heteroatoms. The van der Waals surface area contributed by atoms with E-state index in [0.717, 1.165) is 5.03 Å². The van der Waals surface area contributed by atoms with Gasteiger partial charge in [0.1, 0.15) is 0 Å². The van der Waals surface area contributed by atoms with Crippen molar-refractivity contribution in [1.29, 1.82) is 0 Å².